The minimum absolute atomic E-state index is 0.840. The largest absolute Gasteiger partial charge is 0.456 e. The van der Waals surface area contributed by atoms with Gasteiger partial charge in [0.2, 0.25) is 0 Å². The Morgan fingerprint density at radius 2 is 1.32 bits per heavy atom. The zero-order valence-corrected chi connectivity index (χ0v) is 16.2. The first-order valence-corrected chi connectivity index (χ1v) is 10.2. The van der Waals surface area contributed by atoms with E-state index in [9.17, 15) is 0 Å². The van der Waals surface area contributed by atoms with Gasteiger partial charge in [-0.2, -0.15) is 0 Å². The Balaban J connectivity index is 1.78. The monoisotopic (exact) mass is 399 g/mol. The fourth-order valence-electron chi connectivity index (χ4n) is 5.08. The average molecular weight is 399 g/mol. The van der Waals surface area contributed by atoms with E-state index < -0.39 is 0 Å². The third-order valence-electron chi connectivity index (χ3n) is 6.31. The molecule has 0 spiro atoms. The predicted molar refractivity (Wildman–Crippen MR) is 123 cm³/mol. The van der Waals surface area contributed by atoms with E-state index in [2.05, 4.69) is 27.6 Å². The summed E-state index contributed by atoms with van der Waals surface area (Å²) in [7, 11) is 0. The molecule has 0 amide bonds. The molecule has 0 saturated heterocycles. The lowest BCUT2D eigenvalue weighted by molar-refractivity contribution is 0.663. The summed E-state index contributed by atoms with van der Waals surface area (Å²) < 4.78 is 14.6. The number of hydrogen-bond acceptors (Lipinski definition) is 4. The number of nitrogens with zero attached hydrogens (tertiary/aromatic N) is 3. The van der Waals surface area contributed by atoms with Crippen LogP contribution in [0.4, 0.5) is 0 Å². The summed E-state index contributed by atoms with van der Waals surface area (Å²) in [6.45, 7) is 0. The van der Waals surface area contributed by atoms with Crippen LogP contribution in [0.15, 0.2) is 88.1 Å². The maximum absolute atomic E-state index is 6.34. The van der Waals surface area contributed by atoms with E-state index in [0.29, 0.717) is 0 Å². The Morgan fingerprint density at radius 3 is 2.26 bits per heavy atom. The Morgan fingerprint density at radius 1 is 0.581 bits per heavy atom. The number of benzene rings is 3. The molecule has 0 bridgehead atoms. The number of imidazole rings is 1. The second-order valence-corrected chi connectivity index (χ2v) is 7.87. The first-order chi connectivity index (χ1) is 15.4. The Kier molecular flexibility index (Phi) is 2.60. The maximum Gasteiger partial charge on any atom is 0.146 e. The van der Waals surface area contributed by atoms with E-state index in [4.69, 9.17) is 13.8 Å². The third kappa shape index (κ3) is 1.78. The second kappa shape index (κ2) is 5.21. The quantitative estimate of drug-likeness (QED) is 0.262. The smallest absolute Gasteiger partial charge is 0.146 e. The molecule has 0 saturated carbocycles. The van der Waals surface area contributed by atoms with Crippen LogP contribution in [0.3, 0.4) is 0 Å². The van der Waals surface area contributed by atoms with Gasteiger partial charge in [0.05, 0.1) is 11.0 Å². The van der Waals surface area contributed by atoms with Crippen LogP contribution >= 0.6 is 0 Å². The van der Waals surface area contributed by atoms with Crippen molar-refractivity contribution in [3.8, 4) is 0 Å². The molecule has 0 aliphatic carbocycles. The molecule has 0 atom stereocenters. The molecule has 5 aromatic heterocycles. The summed E-state index contributed by atoms with van der Waals surface area (Å²) >= 11 is 0. The van der Waals surface area contributed by atoms with E-state index in [-0.39, 0.29) is 0 Å². The zero-order valence-electron chi connectivity index (χ0n) is 16.2. The molecule has 5 heteroatoms. The highest BCUT2D eigenvalue weighted by atomic mass is 16.3. The van der Waals surface area contributed by atoms with Gasteiger partial charge in [-0.25, -0.2) is 4.98 Å². The van der Waals surface area contributed by atoms with Crippen molar-refractivity contribution in [3.63, 3.8) is 0 Å². The lowest BCUT2D eigenvalue weighted by Gasteiger charge is -2.08. The summed E-state index contributed by atoms with van der Waals surface area (Å²) in [5.74, 6) is 0. The third-order valence-corrected chi connectivity index (χ3v) is 6.31. The van der Waals surface area contributed by atoms with Crippen LogP contribution in [0, 0.1) is 0 Å². The van der Waals surface area contributed by atoms with Crippen molar-refractivity contribution in [3.05, 3.63) is 79.3 Å². The second-order valence-electron chi connectivity index (χ2n) is 7.87. The van der Waals surface area contributed by atoms with Crippen LogP contribution in [0.25, 0.3) is 71.3 Å². The molecule has 3 aromatic carbocycles. The van der Waals surface area contributed by atoms with Gasteiger partial charge in [0.25, 0.3) is 0 Å². The van der Waals surface area contributed by atoms with Gasteiger partial charge in [-0.3, -0.25) is 9.38 Å². The molecule has 0 radical (unpaired) electrons. The SMILES string of the molecule is c1ccc2c(c1)oc1ccc3oc4ccc5c(c6ncccc6c6nccn56)c4c3c12. The van der Waals surface area contributed by atoms with Crippen molar-refractivity contribution in [1.29, 1.82) is 0 Å². The fraction of sp³-hybridized carbons (Fsp3) is 0. The summed E-state index contributed by atoms with van der Waals surface area (Å²) in [4.78, 5) is 9.38. The van der Waals surface area contributed by atoms with Crippen molar-refractivity contribution in [2.75, 3.05) is 0 Å². The molecule has 0 aliphatic rings. The number of hydrogen-bond donors (Lipinski definition) is 0. The summed E-state index contributed by atoms with van der Waals surface area (Å²) in [5.41, 5.74) is 6.30. The zero-order chi connectivity index (χ0) is 20.1. The Labute approximate surface area is 174 Å². The Bertz CT molecular complexity index is 2010. The molecule has 0 unspecified atom stereocenters. The average Bonchev–Trinajstić information content (AvgIpc) is 3.53. The van der Waals surface area contributed by atoms with Gasteiger partial charge in [0, 0.05) is 50.9 Å². The Hall–Kier alpha value is -4.38. The number of pyridine rings is 2. The number of para-hydroxylation sites is 1. The number of furan rings is 2. The van der Waals surface area contributed by atoms with Crippen molar-refractivity contribution in [1.82, 2.24) is 14.4 Å². The minimum Gasteiger partial charge on any atom is -0.456 e. The van der Waals surface area contributed by atoms with E-state index in [1.54, 1.807) is 0 Å². The van der Waals surface area contributed by atoms with Gasteiger partial charge < -0.3 is 8.83 Å². The molecule has 144 valence electrons. The normalized spacial score (nSPS) is 12.5. The van der Waals surface area contributed by atoms with Crippen LogP contribution in [0.2, 0.25) is 0 Å². The van der Waals surface area contributed by atoms with Gasteiger partial charge in [0.15, 0.2) is 0 Å². The van der Waals surface area contributed by atoms with E-state index >= 15 is 0 Å². The molecule has 0 aliphatic heterocycles. The highest BCUT2D eigenvalue weighted by molar-refractivity contribution is 6.33. The molecular formula is C26H13N3O2. The fourth-order valence-corrected chi connectivity index (χ4v) is 5.08. The van der Waals surface area contributed by atoms with Crippen molar-refractivity contribution in [2.24, 2.45) is 0 Å². The lowest BCUT2D eigenvalue weighted by atomic mass is 10.0. The van der Waals surface area contributed by atoms with Crippen LogP contribution < -0.4 is 0 Å². The molecule has 31 heavy (non-hydrogen) atoms. The van der Waals surface area contributed by atoms with Crippen LogP contribution in [-0.2, 0) is 0 Å². The number of fused-ring (bicyclic) bond motifs is 14. The van der Waals surface area contributed by atoms with Crippen molar-refractivity contribution < 1.29 is 8.83 Å². The summed E-state index contributed by atoms with van der Waals surface area (Å²) in [6.07, 6.45) is 5.67. The van der Waals surface area contributed by atoms with Gasteiger partial charge in [-0.05, 0) is 42.5 Å². The topological polar surface area (TPSA) is 56.5 Å². The molecule has 0 N–H and O–H groups in total. The standard InChI is InChI=1S/C26H13N3O2/c1-2-6-17-14(4-1)21-18(30-17)9-10-20-23(21)24-19(31-20)8-7-16-22(24)25-15(5-3-11-27-25)26-28-12-13-29(16)26/h1-13H. The first-order valence-electron chi connectivity index (χ1n) is 10.2. The molecule has 5 heterocycles. The molecule has 5 nitrogen and oxygen atoms in total. The summed E-state index contributed by atoms with van der Waals surface area (Å²) in [6, 6.07) is 20.3. The number of aromatic nitrogens is 3. The number of rotatable bonds is 0. The predicted octanol–water partition coefficient (Wildman–Crippen LogP) is 6.83. The molecule has 0 fully saturated rings. The summed E-state index contributed by atoms with van der Waals surface area (Å²) in [5, 5.41) is 6.37. The van der Waals surface area contributed by atoms with Gasteiger partial charge in [-0.15, -0.1) is 0 Å². The van der Waals surface area contributed by atoms with Gasteiger partial charge >= 0.3 is 0 Å². The lowest BCUT2D eigenvalue weighted by Crippen LogP contribution is -1.92. The van der Waals surface area contributed by atoms with Crippen molar-refractivity contribution in [2.45, 2.75) is 0 Å². The van der Waals surface area contributed by atoms with Gasteiger partial charge in [-0.1, -0.05) is 18.2 Å². The maximum atomic E-state index is 6.34. The van der Waals surface area contributed by atoms with Crippen LogP contribution in [-0.4, -0.2) is 14.4 Å². The van der Waals surface area contributed by atoms with E-state index in [1.165, 1.54) is 0 Å². The molecular weight excluding hydrogens is 386 g/mol. The highest BCUT2D eigenvalue weighted by Gasteiger charge is 2.20. The van der Waals surface area contributed by atoms with Crippen LogP contribution in [0.1, 0.15) is 0 Å². The molecule has 8 rings (SSSR count). The van der Waals surface area contributed by atoms with Crippen LogP contribution in [0.5, 0.6) is 0 Å². The van der Waals surface area contributed by atoms with E-state index in [1.807, 2.05) is 61.1 Å². The highest BCUT2D eigenvalue weighted by Crippen LogP contribution is 2.43. The van der Waals surface area contributed by atoms with E-state index in [0.717, 1.165) is 71.3 Å². The minimum atomic E-state index is 0.840. The molecule has 8 aromatic rings. The van der Waals surface area contributed by atoms with Crippen molar-refractivity contribution >= 4 is 71.3 Å². The van der Waals surface area contributed by atoms with Gasteiger partial charge in [0.1, 0.15) is 28.0 Å². The first kappa shape index (κ1) is 15.5.